The number of hydrogen-bond acceptors (Lipinski definition) is 4. The first-order valence-electron chi connectivity index (χ1n) is 7.95. The Balaban J connectivity index is 1.89. The van der Waals surface area contributed by atoms with Gasteiger partial charge in [-0.05, 0) is 30.4 Å². The van der Waals surface area contributed by atoms with E-state index in [1.54, 1.807) is 17.8 Å². The molecule has 1 saturated heterocycles. The van der Waals surface area contributed by atoms with Gasteiger partial charge < -0.3 is 10.1 Å². The molecule has 1 amide bonds. The lowest BCUT2D eigenvalue weighted by Gasteiger charge is -2.34. The number of hydrogen-bond donors (Lipinski definition) is 1. The van der Waals surface area contributed by atoms with Gasteiger partial charge in [0, 0.05) is 31.1 Å². The molecule has 1 N–H and O–H groups in total. The van der Waals surface area contributed by atoms with Crippen molar-refractivity contribution in [3.05, 3.63) is 28.8 Å². The first kappa shape index (κ1) is 18.6. The van der Waals surface area contributed by atoms with Crippen molar-refractivity contribution in [2.75, 3.05) is 39.0 Å². The monoisotopic (exact) mass is 356 g/mol. The number of amides is 1. The maximum Gasteiger partial charge on any atom is 0.252 e. The molecule has 1 aliphatic rings. The normalized spacial score (nSPS) is 19.1. The van der Waals surface area contributed by atoms with Crippen molar-refractivity contribution in [3.8, 4) is 0 Å². The molecule has 1 aromatic carbocycles. The van der Waals surface area contributed by atoms with E-state index in [2.05, 4.69) is 24.1 Å². The summed E-state index contributed by atoms with van der Waals surface area (Å²) in [6.07, 6.45) is 2.01. The molecule has 1 unspecified atom stereocenters. The fourth-order valence-electron chi connectivity index (χ4n) is 2.69. The second-order valence-electron chi connectivity index (χ2n) is 6.20. The summed E-state index contributed by atoms with van der Waals surface area (Å²) in [5.41, 5.74) is 0.522. The molecular weight excluding hydrogens is 332 g/mol. The van der Waals surface area contributed by atoms with Crippen molar-refractivity contribution in [2.45, 2.75) is 24.8 Å². The highest BCUT2D eigenvalue weighted by molar-refractivity contribution is 7.98. The minimum atomic E-state index is -0.143. The quantitative estimate of drug-likeness (QED) is 0.795. The highest BCUT2D eigenvalue weighted by Gasteiger charge is 2.22. The lowest BCUT2D eigenvalue weighted by Crippen LogP contribution is -2.48. The van der Waals surface area contributed by atoms with Gasteiger partial charge in [-0.3, -0.25) is 9.69 Å². The Bertz CT molecular complexity index is 539. The van der Waals surface area contributed by atoms with E-state index in [-0.39, 0.29) is 12.0 Å². The number of carbonyl (C=O) groups excluding carboxylic acids is 1. The lowest BCUT2D eigenvalue weighted by molar-refractivity contribution is -0.0295. The molecule has 1 fully saturated rings. The molecule has 2 rings (SSSR count). The number of nitrogens with one attached hydrogen (secondary N) is 1. The summed E-state index contributed by atoms with van der Waals surface area (Å²) in [7, 11) is 0. The van der Waals surface area contributed by atoms with Gasteiger partial charge in [-0.1, -0.05) is 25.4 Å². The van der Waals surface area contributed by atoms with Crippen molar-refractivity contribution < 1.29 is 9.53 Å². The molecule has 0 saturated carbocycles. The summed E-state index contributed by atoms with van der Waals surface area (Å²) in [5, 5.41) is 3.43. The molecule has 0 spiro atoms. The van der Waals surface area contributed by atoms with Crippen molar-refractivity contribution in [2.24, 2.45) is 5.92 Å². The van der Waals surface area contributed by atoms with Gasteiger partial charge in [-0.15, -0.1) is 11.8 Å². The van der Waals surface area contributed by atoms with Crippen LogP contribution in [0.2, 0.25) is 5.02 Å². The largest absolute Gasteiger partial charge is 0.374 e. The summed E-state index contributed by atoms with van der Waals surface area (Å²) in [6, 6.07) is 5.51. The molecule has 1 aliphatic heterocycles. The van der Waals surface area contributed by atoms with Crippen LogP contribution < -0.4 is 5.32 Å². The van der Waals surface area contributed by atoms with Gasteiger partial charge in [0.25, 0.3) is 5.91 Å². The number of rotatable bonds is 6. The first-order valence-corrected chi connectivity index (χ1v) is 9.55. The van der Waals surface area contributed by atoms with Crippen molar-refractivity contribution in [1.82, 2.24) is 10.2 Å². The standard InChI is InChI=1S/C17H25ClN2O2S/c1-12(2)10-20-6-7-22-13(11-20)9-19-17(21)15-8-14(23-3)4-5-16(15)18/h4-5,8,12-13H,6-7,9-11H2,1-3H3,(H,19,21). The highest BCUT2D eigenvalue weighted by Crippen LogP contribution is 2.23. The maximum absolute atomic E-state index is 12.4. The Morgan fingerprint density at radius 2 is 2.30 bits per heavy atom. The Morgan fingerprint density at radius 3 is 3.00 bits per heavy atom. The van der Waals surface area contributed by atoms with E-state index in [0.29, 0.717) is 23.0 Å². The molecule has 6 heteroatoms. The van der Waals surface area contributed by atoms with Gasteiger partial charge in [-0.25, -0.2) is 0 Å². The second-order valence-corrected chi connectivity index (χ2v) is 7.49. The van der Waals surface area contributed by atoms with E-state index in [1.807, 2.05) is 18.4 Å². The van der Waals surface area contributed by atoms with E-state index in [1.165, 1.54) is 0 Å². The summed E-state index contributed by atoms with van der Waals surface area (Å²) < 4.78 is 5.76. The van der Waals surface area contributed by atoms with Crippen LogP contribution in [0, 0.1) is 5.92 Å². The van der Waals surface area contributed by atoms with E-state index >= 15 is 0 Å². The fourth-order valence-corrected chi connectivity index (χ4v) is 3.34. The van der Waals surface area contributed by atoms with Crippen LogP contribution in [0.4, 0.5) is 0 Å². The van der Waals surface area contributed by atoms with Gasteiger partial charge in [0.1, 0.15) is 0 Å². The maximum atomic E-state index is 12.4. The van der Waals surface area contributed by atoms with Crippen LogP contribution in [0.15, 0.2) is 23.1 Å². The molecule has 4 nitrogen and oxygen atoms in total. The van der Waals surface area contributed by atoms with E-state index in [9.17, 15) is 4.79 Å². The fraction of sp³-hybridized carbons (Fsp3) is 0.588. The third-order valence-corrected chi connectivity index (χ3v) is 4.81. The summed E-state index contributed by atoms with van der Waals surface area (Å²) in [5.74, 6) is 0.493. The molecule has 0 radical (unpaired) electrons. The average Bonchev–Trinajstić information content (AvgIpc) is 2.53. The number of ether oxygens (including phenoxy) is 1. The summed E-state index contributed by atoms with van der Waals surface area (Å²) in [4.78, 5) is 15.8. The van der Waals surface area contributed by atoms with Crippen LogP contribution >= 0.6 is 23.4 Å². The Hall–Kier alpha value is -0.750. The number of carbonyl (C=O) groups is 1. The van der Waals surface area contributed by atoms with Crippen LogP contribution in [0.3, 0.4) is 0 Å². The van der Waals surface area contributed by atoms with Gasteiger partial charge in [-0.2, -0.15) is 0 Å². The number of thioether (sulfide) groups is 1. The van der Waals surface area contributed by atoms with Crippen molar-refractivity contribution >= 4 is 29.3 Å². The zero-order valence-electron chi connectivity index (χ0n) is 14.0. The topological polar surface area (TPSA) is 41.6 Å². The number of benzene rings is 1. The Kier molecular flexibility index (Phi) is 7.21. The minimum Gasteiger partial charge on any atom is -0.374 e. The van der Waals surface area contributed by atoms with Crippen LogP contribution in [0.5, 0.6) is 0 Å². The molecule has 1 aromatic rings. The molecular formula is C17H25ClN2O2S. The smallest absolute Gasteiger partial charge is 0.252 e. The van der Waals surface area contributed by atoms with Gasteiger partial charge >= 0.3 is 0 Å². The zero-order chi connectivity index (χ0) is 16.8. The molecule has 1 atom stereocenters. The summed E-state index contributed by atoms with van der Waals surface area (Å²) >= 11 is 7.73. The lowest BCUT2D eigenvalue weighted by atomic mass is 10.1. The molecule has 0 bridgehead atoms. The van der Waals surface area contributed by atoms with Gasteiger partial charge in [0.2, 0.25) is 0 Å². The number of halogens is 1. The Labute approximate surface area is 147 Å². The van der Waals surface area contributed by atoms with Crippen molar-refractivity contribution in [3.63, 3.8) is 0 Å². The highest BCUT2D eigenvalue weighted by atomic mass is 35.5. The van der Waals surface area contributed by atoms with Crippen LogP contribution in [0.1, 0.15) is 24.2 Å². The molecule has 0 aromatic heterocycles. The van der Waals surface area contributed by atoms with Crippen LogP contribution in [0.25, 0.3) is 0 Å². The molecule has 128 valence electrons. The van der Waals surface area contributed by atoms with Crippen LogP contribution in [-0.4, -0.2) is 56.0 Å². The first-order chi connectivity index (χ1) is 11.0. The van der Waals surface area contributed by atoms with Gasteiger partial charge in [0.15, 0.2) is 0 Å². The third-order valence-electron chi connectivity index (χ3n) is 3.75. The Morgan fingerprint density at radius 1 is 1.52 bits per heavy atom. The molecule has 0 aliphatic carbocycles. The van der Waals surface area contributed by atoms with E-state index < -0.39 is 0 Å². The number of nitrogens with zero attached hydrogens (tertiary/aromatic N) is 1. The third kappa shape index (κ3) is 5.68. The van der Waals surface area contributed by atoms with Crippen molar-refractivity contribution in [1.29, 1.82) is 0 Å². The zero-order valence-corrected chi connectivity index (χ0v) is 15.5. The predicted molar refractivity (Wildman–Crippen MR) is 96.6 cm³/mol. The molecule has 23 heavy (non-hydrogen) atoms. The number of morpholine rings is 1. The second kappa shape index (κ2) is 8.92. The minimum absolute atomic E-state index is 0.0361. The van der Waals surface area contributed by atoms with E-state index in [0.717, 1.165) is 31.1 Å². The predicted octanol–water partition coefficient (Wildman–Crippen LogP) is 3.15. The summed E-state index contributed by atoms with van der Waals surface area (Å²) in [6.45, 7) is 8.54. The van der Waals surface area contributed by atoms with Crippen LogP contribution in [-0.2, 0) is 4.74 Å². The molecule has 1 heterocycles. The van der Waals surface area contributed by atoms with E-state index in [4.69, 9.17) is 16.3 Å². The van der Waals surface area contributed by atoms with Gasteiger partial charge in [0.05, 0.1) is 23.3 Å². The SMILES string of the molecule is CSc1ccc(Cl)c(C(=O)NCC2CN(CC(C)C)CCO2)c1. The average molecular weight is 357 g/mol.